The smallest absolute Gasteiger partial charge is 0.282 e. The summed E-state index contributed by atoms with van der Waals surface area (Å²) in [6, 6.07) is 12.9. The van der Waals surface area contributed by atoms with Gasteiger partial charge in [0.2, 0.25) is 0 Å². The molecule has 2 aromatic carbocycles. The lowest BCUT2D eigenvalue weighted by Gasteiger charge is -2.23. The number of aliphatic imine (C=N–C) groups is 1. The van der Waals surface area contributed by atoms with E-state index in [1.807, 2.05) is 31.2 Å². The van der Waals surface area contributed by atoms with Crippen LogP contribution in [0, 0.1) is 5.41 Å². The first-order valence-electron chi connectivity index (χ1n) is 10.3. The van der Waals surface area contributed by atoms with Crippen molar-refractivity contribution in [2.45, 2.75) is 13.8 Å². The van der Waals surface area contributed by atoms with E-state index in [1.54, 1.807) is 37.3 Å². The fourth-order valence-electron chi connectivity index (χ4n) is 3.21. The number of carbonyl (C=O) groups excluding carboxylic acids is 1. The SMILES string of the molecule is CCOc1cc(/C=C2/C(=N)N3OC(C)=CC3=NC2=O)ccc1OCCOc1ccc(Br)cc1. The zero-order valence-corrected chi connectivity index (χ0v) is 19.7. The second-order valence-electron chi connectivity index (χ2n) is 7.11. The van der Waals surface area contributed by atoms with E-state index < -0.39 is 5.91 Å². The highest BCUT2D eigenvalue weighted by Crippen LogP contribution is 2.31. The Morgan fingerprint density at radius 3 is 2.61 bits per heavy atom. The molecular formula is C24H22BrN3O5. The monoisotopic (exact) mass is 511 g/mol. The lowest BCUT2D eigenvalue weighted by molar-refractivity contribution is -0.114. The maximum Gasteiger partial charge on any atom is 0.282 e. The summed E-state index contributed by atoms with van der Waals surface area (Å²) in [5.74, 6) is 2.16. The summed E-state index contributed by atoms with van der Waals surface area (Å²) in [5.41, 5.74) is 0.799. The van der Waals surface area contributed by atoms with Crippen LogP contribution in [0.3, 0.4) is 0 Å². The molecule has 0 radical (unpaired) electrons. The van der Waals surface area contributed by atoms with E-state index in [4.69, 9.17) is 24.5 Å². The third-order valence-corrected chi connectivity index (χ3v) is 5.21. The predicted octanol–water partition coefficient (Wildman–Crippen LogP) is 4.76. The summed E-state index contributed by atoms with van der Waals surface area (Å²) >= 11 is 3.39. The summed E-state index contributed by atoms with van der Waals surface area (Å²) in [6.45, 7) is 4.76. The number of ether oxygens (including phenoxy) is 3. The molecule has 0 fully saturated rings. The fourth-order valence-corrected chi connectivity index (χ4v) is 3.48. The number of hydrogen-bond donors (Lipinski definition) is 1. The number of nitrogens with zero attached hydrogens (tertiary/aromatic N) is 2. The first-order valence-corrected chi connectivity index (χ1v) is 11.1. The first-order chi connectivity index (χ1) is 15.9. The number of fused-ring (bicyclic) bond motifs is 1. The van der Waals surface area contributed by atoms with Gasteiger partial charge in [0.25, 0.3) is 5.91 Å². The Bertz CT molecular complexity index is 1170. The average Bonchev–Trinajstić information content (AvgIpc) is 3.17. The van der Waals surface area contributed by atoms with E-state index in [0.717, 1.165) is 10.2 Å². The van der Waals surface area contributed by atoms with Gasteiger partial charge in [-0.2, -0.15) is 4.99 Å². The van der Waals surface area contributed by atoms with Crippen molar-refractivity contribution in [3.63, 3.8) is 0 Å². The van der Waals surface area contributed by atoms with Gasteiger partial charge in [-0.1, -0.05) is 22.0 Å². The molecule has 2 aliphatic heterocycles. The molecule has 0 bridgehead atoms. The van der Waals surface area contributed by atoms with Gasteiger partial charge in [-0.25, -0.2) is 0 Å². The molecular weight excluding hydrogens is 490 g/mol. The minimum atomic E-state index is -0.496. The van der Waals surface area contributed by atoms with Gasteiger partial charge in [0.05, 0.1) is 12.2 Å². The Kier molecular flexibility index (Phi) is 6.79. The molecule has 0 aliphatic carbocycles. The quantitative estimate of drug-likeness (QED) is 0.405. The molecule has 0 saturated heterocycles. The highest BCUT2D eigenvalue weighted by atomic mass is 79.9. The summed E-state index contributed by atoms with van der Waals surface area (Å²) < 4.78 is 18.2. The lowest BCUT2D eigenvalue weighted by atomic mass is 10.1. The van der Waals surface area contributed by atoms with Crippen LogP contribution in [0.1, 0.15) is 19.4 Å². The highest BCUT2D eigenvalue weighted by molar-refractivity contribution is 9.10. The van der Waals surface area contributed by atoms with Crippen LogP contribution in [0.25, 0.3) is 6.08 Å². The molecule has 0 aromatic heterocycles. The molecule has 0 atom stereocenters. The normalized spacial score (nSPS) is 16.2. The van der Waals surface area contributed by atoms with Gasteiger partial charge >= 0.3 is 0 Å². The molecule has 0 saturated carbocycles. The summed E-state index contributed by atoms with van der Waals surface area (Å²) in [7, 11) is 0. The highest BCUT2D eigenvalue weighted by Gasteiger charge is 2.34. The predicted molar refractivity (Wildman–Crippen MR) is 128 cm³/mol. The molecule has 2 heterocycles. The third kappa shape index (κ3) is 5.25. The van der Waals surface area contributed by atoms with Crippen LogP contribution in [0.4, 0.5) is 0 Å². The molecule has 8 nitrogen and oxygen atoms in total. The average molecular weight is 512 g/mol. The van der Waals surface area contributed by atoms with E-state index in [0.29, 0.717) is 48.5 Å². The second-order valence-corrected chi connectivity index (χ2v) is 8.03. The number of hydrogen-bond acceptors (Lipinski definition) is 6. The number of allylic oxidation sites excluding steroid dienone is 1. The Morgan fingerprint density at radius 2 is 1.85 bits per heavy atom. The number of nitrogens with one attached hydrogen (secondary N) is 1. The standard InChI is InChI=1S/C24H22BrN3O5/c1-3-30-21-14-16(13-19-23(26)28-22(27-24(19)29)12-15(2)33-28)4-9-20(21)32-11-10-31-18-7-5-17(25)6-8-18/h4-9,12-14,26H,3,10-11H2,1-2H3/b19-13-,26-23?. The van der Waals surface area contributed by atoms with Gasteiger partial charge in [-0.05, 0) is 61.9 Å². The molecule has 170 valence electrons. The molecule has 1 N–H and O–H groups in total. The zero-order valence-electron chi connectivity index (χ0n) is 18.1. The molecule has 1 amide bonds. The van der Waals surface area contributed by atoms with Crippen molar-refractivity contribution in [3.8, 4) is 17.2 Å². The summed E-state index contributed by atoms with van der Waals surface area (Å²) in [5, 5.41) is 9.57. The van der Waals surface area contributed by atoms with Crippen LogP contribution in [-0.2, 0) is 9.63 Å². The van der Waals surface area contributed by atoms with Gasteiger partial charge in [-0.3, -0.25) is 10.2 Å². The molecule has 2 aliphatic rings. The number of carbonyl (C=O) groups is 1. The number of amides is 1. The topological polar surface area (TPSA) is 93.4 Å². The maximum atomic E-state index is 12.5. The molecule has 0 unspecified atom stereocenters. The fraction of sp³-hybridized carbons (Fsp3) is 0.208. The van der Waals surface area contributed by atoms with Gasteiger partial charge in [0, 0.05) is 10.5 Å². The van der Waals surface area contributed by atoms with E-state index in [2.05, 4.69) is 20.9 Å². The van der Waals surface area contributed by atoms with Gasteiger partial charge < -0.3 is 19.0 Å². The van der Waals surface area contributed by atoms with Crippen molar-refractivity contribution in [2.24, 2.45) is 4.99 Å². The van der Waals surface area contributed by atoms with Gasteiger partial charge in [-0.15, -0.1) is 5.06 Å². The molecule has 33 heavy (non-hydrogen) atoms. The van der Waals surface area contributed by atoms with Crippen LogP contribution in [0.15, 0.2) is 69.3 Å². The number of amidine groups is 2. The summed E-state index contributed by atoms with van der Waals surface area (Å²) in [6.07, 6.45) is 3.20. The van der Waals surface area contributed by atoms with Crippen molar-refractivity contribution in [3.05, 3.63) is 69.9 Å². The molecule has 2 aromatic rings. The first kappa shape index (κ1) is 22.6. The zero-order chi connectivity index (χ0) is 23.4. The number of benzene rings is 2. The Labute approximate surface area is 199 Å². The van der Waals surface area contributed by atoms with Crippen LogP contribution in [-0.4, -0.2) is 42.5 Å². The second kappa shape index (κ2) is 9.91. The van der Waals surface area contributed by atoms with Crippen LogP contribution < -0.4 is 14.2 Å². The maximum absolute atomic E-state index is 12.5. The van der Waals surface area contributed by atoms with Crippen molar-refractivity contribution >= 4 is 39.6 Å². The number of hydroxylamine groups is 2. The van der Waals surface area contributed by atoms with E-state index >= 15 is 0 Å². The minimum Gasteiger partial charge on any atom is -0.490 e. The Balaban J connectivity index is 1.45. The summed E-state index contributed by atoms with van der Waals surface area (Å²) in [4.78, 5) is 21.9. The Hall–Kier alpha value is -3.59. The van der Waals surface area contributed by atoms with E-state index in [9.17, 15) is 4.79 Å². The van der Waals surface area contributed by atoms with Crippen molar-refractivity contribution in [1.82, 2.24) is 5.06 Å². The van der Waals surface area contributed by atoms with Crippen LogP contribution in [0.2, 0.25) is 0 Å². The van der Waals surface area contributed by atoms with E-state index in [1.165, 1.54) is 5.06 Å². The number of rotatable bonds is 8. The third-order valence-electron chi connectivity index (χ3n) is 4.68. The Morgan fingerprint density at radius 1 is 1.09 bits per heavy atom. The largest absolute Gasteiger partial charge is 0.490 e. The van der Waals surface area contributed by atoms with Gasteiger partial charge in [0.15, 0.2) is 23.2 Å². The van der Waals surface area contributed by atoms with Crippen molar-refractivity contribution in [2.75, 3.05) is 19.8 Å². The molecule has 0 spiro atoms. The minimum absolute atomic E-state index is 0.0681. The molecule has 9 heteroatoms. The lowest BCUT2D eigenvalue weighted by Crippen LogP contribution is -2.38. The molecule has 4 rings (SSSR count). The van der Waals surface area contributed by atoms with Crippen LogP contribution >= 0.6 is 15.9 Å². The van der Waals surface area contributed by atoms with Gasteiger partial charge in [0.1, 0.15) is 24.7 Å². The van der Waals surface area contributed by atoms with Crippen LogP contribution in [0.5, 0.6) is 17.2 Å². The van der Waals surface area contributed by atoms with Crippen molar-refractivity contribution in [1.29, 1.82) is 5.41 Å². The van der Waals surface area contributed by atoms with Crippen molar-refractivity contribution < 1.29 is 23.8 Å². The van der Waals surface area contributed by atoms with E-state index in [-0.39, 0.29) is 11.4 Å². The number of halogens is 1.